The molecule has 1 unspecified atom stereocenters. The van der Waals surface area contributed by atoms with Gasteiger partial charge in [0, 0.05) is 11.1 Å². The molecule has 4 saturated carbocycles. The maximum absolute atomic E-state index is 13.3. The van der Waals surface area contributed by atoms with Crippen LogP contribution in [-0.2, 0) is 9.59 Å². The second kappa shape index (κ2) is 8.16. The Morgan fingerprint density at radius 3 is 2.00 bits per heavy atom. The van der Waals surface area contributed by atoms with Crippen molar-refractivity contribution < 1.29 is 23.1 Å². The number of halogens is 2. The lowest BCUT2D eigenvalue weighted by Gasteiger charge is -2.55. The maximum atomic E-state index is 13.3. The van der Waals surface area contributed by atoms with Crippen LogP contribution in [0.3, 0.4) is 0 Å². The van der Waals surface area contributed by atoms with Crippen LogP contribution in [0, 0.1) is 29.1 Å². The zero-order chi connectivity index (χ0) is 21.5. The van der Waals surface area contributed by atoms with Crippen molar-refractivity contribution in [2.24, 2.45) is 29.1 Å². The van der Waals surface area contributed by atoms with Crippen LogP contribution in [0.1, 0.15) is 52.4 Å². The molecule has 0 aliphatic heterocycles. The van der Waals surface area contributed by atoms with Gasteiger partial charge in [0.05, 0.1) is 0 Å². The molecule has 1 aromatic carbocycles. The molecule has 4 fully saturated rings. The van der Waals surface area contributed by atoms with Crippen LogP contribution in [0.15, 0.2) is 24.3 Å². The molecule has 0 saturated heterocycles. The highest BCUT2D eigenvalue weighted by Gasteiger charge is 2.55. The molecule has 0 spiro atoms. The van der Waals surface area contributed by atoms with Crippen molar-refractivity contribution in [3.05, 3.63) is 24.3 Å². The fourth-order valence-electron chi connectivity index (χ4n) is 6.16. The fourth-order valence-corrected chi connectivity index (χ4v) is 6.16. The number of benzene rings is 1. The molecule has 0 heterocycles. The Kier molecular flexibility index (Phi) is 5.73. The van der Waals surface area contributed by atoms with Gasteiger partial charge in [0.1, 0.15) is 11.8 Å². The van der Waals surface area contributed by atoms with Gasteiger partial charge in [-0.05, 0) is 86.5 Å². The molecule has 2 amide bonds. The van der Waals surface area contributed by atoms with Crippen LogP contribution < -0.4 is 15.4 Å². The van der Waals surface area contributed by atoms with E-state index in [9.17, 15) is 18.4 Å². The minimum atomic E-state index is -2.89. The molecule has 1 aromatic rings. The lowest BCUT2D eigenvalue weighted by molar-refractivity contribution is -0.148. The number of alkyl halides is 2. The van der Waals surface area contributed by atoms with Crippen LogP contribution in [0.4, 0.5) is 14.5 Å². The number of amides is 2. The quantitative estimate of drug-likeness (QED) is 0.678. The Labute approximate surface area is 175 Å². The Morgan fingerprint density at radius 2 is 1.53 bits per heavy atom. The number of hydrogen-bond donors (Lipinski definition) is 2. The van der Waals surface area contributed by atoms with Gasteiger partial charge in [-0.15, -0.1) is 0 Å². The Morgan fingerprint density at radius 1 is 1.00 bits per heavy atom. The third-order valence-corrected chi connectivity index (χ3v) is 7.10. The molecule has 4 aliphatic carbocycles. The van der Waals surface area contributed by atoms with Crippen molar-refractivity contribution in [3.8, 4) is 5.75 Å². The Balaban J connectivity index is 1.41. The number of carbonyl (C=O) groups excluding carboxylic acids is 2. The number of rotatable bonds is 7. The largest absolute Gasteiger partial charge is 0.435 e. The fraction of sp³-hybridized carbons (Fsp3) is 0.652. The Bertz CT molecular complexity index is 759. The smallest absolute Gasteiger partial charge is 0.387 e. The minimum absolute atomic E-state index is 0.0242. The molecule has 4 bridgehead atoms. The molecular formula is C23H30F2N2O3. The monoisotopic (exact) mass is 420 g/mol. The van der Waals surface area contributed by atoms with Gasteiger partial charge >= 0.3 is 6.61 Å². The highest BCUT2D eigenvalue weighted by molar-refractivity contribution is 5.98. The molecule has 30 heavy (non-hydrogen) atoms. The molecule has 0 radical (unpaired) electrons. The minimum Gasteiger partial charge on any atom is -0.435 e. The number of hydrogen-bond acceptors (Lipinski definition) is 3. The van der Waals surface area contributed by atoms with E-state index in [1.807, 2.05) is 13.8 Å². The van der Waals surface area contributed by atoms with Crippen molar-refractivity contribution in [2.45, 2.75) is 65.0 Å². The second-order valence-corrected chi connectivity index (χ2v) is 9.79. The molecular weight excluding hydrogens is 390 g/mol. The van der Waals surface area contributed by atoms with Gasteiger partial charge in [-0.25, -0.2) is 0 Å². The summed E-state index contributed by atoms with van der Waals surface area (Å²) in [4.78, 5) is 26.2. The summed E-state index contributed by atoms with van der Waals surface area (Å²) in [6.45, 7) is 0.920. The molecule has 164 valence electrons. The predicted molar refractivity (Wildman–Crippen MR) is 109 cm³/mol. The molecule has 5 rings (SSSR count). The van der Waals surface area contributed by atoms with Crippen LogP contribution >= 0.6 is 0 Å². The van der Waals surface area contributed by atoms with E-state index < -0.39 is 12.7 Å². The van der Waals surface area contributed by atoms with Gasteiger partial charge < -0.3 is 15.4 Å². The van der Waals surface area contributed by atoms with Crippen LogP contribution in [0.25, 0.3) is 0 Å². The third-order valence-electron chi connectivity index (χ3n) is 7.10. The van der Waals surface area contributed by atoms with Gasteiger partial charge in [0.2, 0.25) is 11.8 Å². The Hall–Kier alpha value is -2.18. The summed E-state index contributed by atoms with van der Waals surface area (Å²) in [5.74, 6) is 1.64. The molecule has 5 nitrogen and oxygen atoms in total. The van der Waals surface area contributed by atoms with Gasteiger partial charge in [0.25, 0.3) is 0 Å². The van der Waals surface area contributed by atoms with Crippen LogP contribution in [-0.4, -0.2) is 24.5 Å². The first-order valence-corrected chi connectivity index (χ1v) is 10.9. The van der Waals surface area contributed by atoms with E-state index in [0.717, 1.165) is 19.3 Å². The molecule has 7 heteroatoms. The molecule has 4 aliphatic rings. The predicted octanol–water partition coefficient (Wildman–Crippen LogP) is 4.58. The lowest BCUT2D eigenvalue weighted by Crippen LogP contribution is -2.57. The van der Waals surface area contributed by atoms with Gasteiger partial charge in [-0.2, -0.15) is 8.78 Å². The van der Waals surface area contributed by atoms with Gasteiger partial charge in [-0.3, -0.25) is 9.59 Å². The standard InChI is InChI=1S/C23H30F2N2O3/c1-13(2)19(20(28)26-17-3-5-18(6-4-17)30-22(24)25)27-21(29)23-10-14-7-15(11-23)9-16(8-14)12-23/h3-6,13-16,19,22H,7-12H2,1-2H3,(H,26,28)(H,27,29). The summed E-state index contributed by atoms with van der Waals surface area (Å²) in [7, 11) is 0. The first kappa shape index (κ1) is 21.1. The van der Waals surface area contributed by atoms with Gasteiger partial charge in [-0.1, -0.05) is 13.8 Å². The summed E-state index contributed by atoms with van der Waals surface area (Å²) in [5.41, 5.74) is 0.160. The number of ether oxygens (including phenoxy) is 1. The summed E-state index contributed by atoms with van der Waals surface area (Å²) >= 11 is 0. The van der Waals surface area contributed by atoms with Gasteiger partial charge in [0.15, 0.2) is 0 Å². The van der Waals surface area contributed by atoms with E-state index >= 15 is 0 Å². The summed E-state index contributed by atoms with van der Waals surface area (Å²) in [6.07, 6.45) is 6.61. The molecule has 0 aromatic heterocycles. The molecule has 1 atom stereocenters. The number of anilines is 1. The van der Waals surface area contributed by atoms with Crippen molar-refractivity contribution in [2.75, 3.05) is 5.32 Å². The first-order chi connectivity index (χ1) is 14.2. The van der Waals surface area contributed by atoms with Crippen molar-refractivity contribution in [1.29, 1.82) is 0 Å². The average molecular weight is 420 g/mol. The summed E-state index contributed by atoms with van der Waals surface area (Å²) < 4.78 is 28.9. The second-order valence-electron chi connectivity index (χ2n) is 9.79. The van der Waals surface area contributed by atoms with Crippen LogP contribution in [0.2, 0.25) is 0 Å². The SMILES string of the molecule is CC(C)C(NC(=O)C12CC3CC(CC(C3)C1)C2)C(=O)Nc1ccc(OC(F)F)cc1. The topological polar surface area (TPSA) is 67.4 Å². The van der Waals surface area contributed by atoms with E-state index in [2.05, 4.69) is 15.4 Å². The number of carbonyl (C=O) groups is 2. The summed E-state index contributed by atoms with van der Waals surface area (Å²) in [5, 5.41) is 5.84. The highest BCUT2D eigenvalue weighted by atomic mass is 19.3. The van der Waals surface area contributed by atoms with Crippen LogP contribution in [0.5, 0.6) is 5.75 Å². The van der Waals surface area contributed by atoms with E-state index in [4.69, 9.17) is 0 Å². The summed E-state index contributed by atoms with van der Waals surface area (Å²) in [6, 6.07) is 5.12. The average Bonchev–Trinajstić information content (AvgIpc) is 2.65. The number of nitrogens with one attached hydrogen (secondary N) is 2. The van der Waals surface area contributed by atoms with Crippen molar-refractivity contribution in [3.63, 3.8) is 0 Å². The molecule has 2 N–H and O–H groups in total. The van der Waals surface area contributed by atoms with E-state index in [1.54, 1.807) is 0 Å². The van der Waals surface area contributed by atoms with Crippen molar-refractivity contribution in [1.82, 2.24) is 5.32 Å². The lowest BCUT2D eigenvalue weighted by atomic mass is 9.49. The zero-order valence-electron chi connectivity index (χ0n) is 17.5. The third kappa shape index (κ3) is 4.30. The van der Waals surface area contributed by atoms with E-state index in [0.29, 0.717) is 23.4 Å². The first-order valence-electron chi connectivity index (χ1n) is 10.9. The highest BCUT2D eigenvalue weighted by Crippen LogP contribution is 2.60. The van der Waals surface area contributed by atoms with Crippen molar-refractivity contribution >= 4 is 17.5 Å². The normalized spacial score (nSPS) is 30.4. The zero-order valence-corrected chi connectivity index (χ0v) is 17.5. The maximum Gasteiger partial charge on any atom is 0.387 e. The van der Waals surface area contributed by atoms with E-state index in [1.165, 1.54) is 43.5 Å². The van der Waals surface area contributed by atoms with E-state index in [-0.39, 0.29) is 28.9 Å².